The maximum Gasteiger partial charge on any atom is 0.258 e. The second-order valence-electron chi connectivity index (χ2n) is 10.2. The molecule has 4 N–H and O–H groups in total. The van der Waals surface area contributed by atoms with Crippen LogP contribution >= 0.6 is 11.9 Å². The zero-order valence-electron chi connectivity index (χ0n) is 20.2. The van der Waals surface area contributed by atoms with Gasteiger partial charge in [-0.3, -0.25) is 4.79 Å². The lowest BCUT2D eigenvalue weighted by Crippen LogP contribution is -2.39. The van der Waals surface area contributed by atoms with Crippen molar-refractivity contribution in [3.63, 3.8) is 0 Å². The highest BCUT2D eigenvalue weighted by atomic mass is 32.2. The Morgan fingerprint density at radius 1 is 1.17 bits per heavy atom. The molecule has 0 radical (unpaired) electrons. The summed E-state index contributed by atoms with van der Waals surface area (Å²) in [5, 5.41) is 15.9. The van der Waals surface area contributed by atoms with Gasteiger partial charge in [0.1, 0.15) is 5.82 Å². The summed E-state index contributed by atoms with van der Waals surface area (Å²) in [4.78, 5) is 24.5. The Kier molecular flexibility index (Phi) is 6.88. The molecule has 9 heteroatoms. The first-order valence-electron chi connectivity index (χ1n) is 12.4. The molecule has 2 fully saturated rings. The van der Waals surface area contributed by atoms with Crippen molar-refractivity contribution in [1.29, 1.82) is 0 Å². The highest BCUT2D eigenvalue weighted by Crippen LogP contribution is 2.48. The molecule has 1 saturated carbocycles. The molecule has 0 spiro atoms. The smallest absolute Gasteiger partial charge is 0.258 e. The molecule has 1 aliphatic carbocycles. The van der Waals surface area contributed by atoms with Gasteiger partial charge in [-0.1, -0.05) is 19.1 Å². The van der Waals surface area contributed by atoms with Crippen LogP contribution < -0.4 is 20.3 Å². The summed E-state index contributed by atoms with van der Waals surface area (Å²) in [5.41, 5.74) is 2.76. The Bertz CT molecular complexity index is 1090. The van der Waals surface area contributed by atoms with Crippen LogP contribution in [-0.2, 0) is 0 Å². The van der Waals surface area contributed by atoms with E-state index in [9.17, 15) is 9.90 Å². The van der Waals surface area contributed by atoms with E-state index >= 15 is 0 Å². The largest absolute Gasteiger partial charge is 0.395 e. The van der Waals surface area contributed by atoms with E-state index in [0.717, 1.165) is 69.5 Å². The quantitative estimate of drug-likeness (QED) is 0.359. The Morgan fingerprint density at radius 2 is 2.00 bits per heavy atom. The number of rotatable bonds is 4. The van der Waals surface area contributed by atoms with Gasteiger partial charge in [-0.25, -0.2) is 4.98 Å². The van der Waals surface area contributed by atoms with E-state index in [0.29, 0.717) is 17.3 Å². The fourth-order valence-electron chi connectivity index (χ4n) is 4.59. The van der Waals surface area contributed by atoms with Crippen molar-refractivity contribution in [2.24, 2.45) is 5.41 Å². The van der Waals surface area contributed by atoms with Crippen LogP contribution in [0.25, 0.3) is 0 Å². The van der Waals surface area contributed by atoms with E-state index in [4.69, 9.17) is 0 Å². The van der Waals surface area contributed by atoms with Gasteiger partial charge in [-0.2, -0.15) is 4.98 Å². The lowest BCUT2D eigenvalue weighted by Gasteiger charge is -2.40. The normalized spacial score (nSPS) is 21.8. The molecule has 1 aromatic carbocycles. The van der Waals surface area contributed by atoms with E-state index in [1.54, 1.807) is 24.2 Å². The van der Waals surface area contributed by atoms with Crippen molar-refractivity contribution < 1.29 is 9.90 Å². The summed E-state index contributed by atoms with van der Waals surface area (Å²) in [7, 11) is 0. The van der Waals surface area contributed by atoms with Gasteiger partial charge in [0.15, 0.2) is 0 Å². The molecule has 1 aromatic heterocycles. The van der Waals surface area contributed by atoms with Gasteiger partial charge in [0.05, 0.1) is 22.6 Å². The highest BCUT2D eigenvalue weighted by molar-refractivity contribution is 8.02. The number of carbonyl (C=O) groups excluding carboxylic acids is 1. The molecule has 0 atom stereocenters. The summed E-state index contributed by atoms with van der Waals surface area (Å²) < 4.78 is 3.35. The SMILES string of the molecule is CC12C/C=C\CCNc3nccc(n3)NC(=O)c3ccc(NSC4(CO)CC4)cc3N(CC1)CC2. The predicted molar refractivity (Wildman–Crippen MR) is 143 cm³/mol. The monoisotopic (exact) mass is 494 g/mol. The summed E-state index contributed by atoms with van der Waals surface area (Å²) >= 11 is 1.58. The van der Waals surface area contributed by atoms with Crippen LogP contribution in [0.4, 0.5) is 23.1 Å². The Morgan fingerprint density at radius 3 is 2.77 bits per heavy atom. The van der Waals surface area contributed by atoms with Crippen LogP contribution in [-0.4, -0.2) is 52.0 Å². The summed E-state index contributed by atoms with van der Waals surface area (Å²) in [6, 6.07) is 7.60. The number of fused-ring (bicyclic) bond motifs is 7. The third kappa shape index (κ3) is 5.73. The summed E-state index contributed by atoms with van der Waals surface area (Å²) in [6.07, 6.45) is 12.3. The van der Waals surface area contributed by atoms with Gasteiger partial charge < -0.3 is 25.4 Å². The van der Waals surface area contributed by atoms with Gasteiger partial charge in [0.25, 0.3) is 5.91 Å². The van der Waals surface area contributed by atoms with E-state index < -0.39 is 0 Å². The molecule has 186 valence electrons. The van der Waals surface area contributed by atoms with Gasteiger partial charge in [0.2, 0.25) is 5.95 Å². The first-order valence-corrected chi connectivity index (χ1v) is 13.3. The lowest BCUT2D eigenvalue weighted by atomic mass is 9.77. The Hall–Kier alpha value is -2.78. The van der Waals surface area contributed by atoms with Crippen LogP contribution in [0, 0.1) is 5.41 Å². The third-order valence-corrected chi connectivity index (χ3v) is 8.61. The van der Waals surface area contributed by atoms with Crippen LogP contribution in [0.15, 0.2) is 42.6 Å². The topological polar surface area (TPSA) is 102 Å². The van der Waals surface area contributed by atoms with Crippen LogP contribution in [0.2, 0.25) is 0 Å². The number of nitrogens with one attached hydrogen (secondary N) is 3. The van der Waals surface area contributed by atoms with Gasteiger partial charge >= 0.3 is 0 Å². The van der Waals surface area contributed by atoms with Gasteiger partial charge in [-0.05, 0) is 80.2 Å². The Balaban J connectivity index is 1.44. The molecular weight excluding hydrogens is 460 g/mol. The van der Waals surface area contributed by atoms with Crippen molar-refractivity contribution in [2.45, 2.75) is 50.2 Å². The molecule has 6 rings (SSSR count). The number of hydrogen-bond donors (Lipinski definition) is 4. The van der Waals surface area contributed by atoms with Crippen LogP contribution in [0.1, 0.15) is 55.8 Å². The number of amides is 1. The second kappa shape index (κ2) is 10.1. The number of piperidine rings is 1. The zero-order valence-corrected chi connectivity index (χ0v) is 21.0. The molecule has 1 amide bonds. The zero-order chi connectivity index (χ0) is 24.3. The minimum Gasteiger partial charge on any atom is -0.395 e. The fraction of sp³-hybridized carbons (Fsp3) is 0.500. The molecule has 1 saturated heterocycles. The highest BCUT2D eigenvalue weighted by Gasteiger charge is 2.43. The maximum absolute atomic E-state index is 13.4. The van der Waals surface area contributed by atoms with E-state index in [-0.39, 0.29) is 22.7 Å². The maximum atomic E-state index is 13.4. The van der Waals surface area contributed by atoms with E-state index in [1.807, 2.05) is 12.1 Å². The van der Waals surface area contributed by atoms with Crippen LogP contribution in [0.5, 0.6) is 0 Å². The molecule has 4 aliphatic rings. The second-order valence-corrected chi connectivity index (χ2v) is 11.5. The van der Waals surface area contributed by atoms with E-state index in [1.165, 1.54) is 0 Å². The number of benzene rings is 1. The molecule has 4 bridgehead atoms. The number of anilines is 4. The molecular formula is C26H34N6O2S. The molecule has 2 aromatic rings. The van der Waals surface area contributed by atoms with Gasteiger partial charge in [0, 0.05) is 31.5 Å². The Labute approximate surface area is 211 Å². The van der Waals surface area contributed by atoms with Crippen molar-refractivity contribution in [3.05, 3.63) is 48.2 Å². The number of aliphatic hydroxyl groups excluding tert-OH is 1. The first kappa shape index (κ1) is 23.9. The minimum atomic E-state index is -0.183. The molecule has 3 aliphatic heterocycles. The molecule has 0 unspecified atom stereocenters. The average Bonchev–Trinajstić information content (AvgIpc) is 3.65. The summed E-state index contributed by atoms with van der Waals surface area (Å²) in [6.45, 7) is 5.09. The van der Waals surface area contributed by atoms with Crippen molar-refractivity contribution in [2.75, 3.05) is 46.5 Å². The van der Waals surface area contributed by atoms with Crippen molar-refractivity contribution in [3.8, 4) is 0 Å². The number of hydrogen-bond acceptors (Lipinski definition) is 8. The number of aliphatic hydroxyl groups is 1. The van der Waals surface area contributed by atoms with Gasteiger partial charge in [-0.15, -0.1) is 0 Å². The van der Waals surface area contributed by atoms with Crippen LogP contribution in [0.3, 0.4) is 0 Å². The van der Waals surface area contributed by atoms with E-state index in [2.05, 4.69) is 55.4 Å². The standard InChI is InChI=1S/C26H34N6O2S/c1-25-8-3-2-4-13-27-24-28-14-7-22(30-24)29-23(34)20-6-5-19(31-35-26(18-33)9-10-26)17-21(20)32(15-11-25)16-12-25/h2-3,5-7,14,17,31,33H,4,8-13,15-16,18H2,1H3,(H2,27,28,29,30,34)/b3-2-. The first-order chi connectivity index (χ1) is 17.0. The average molecular weight is 495 g/mol. The molecule has 4 heterocycles. The lowest BCUT2D eigenvalue weighted by molar-refractivity contribution is 0.102. The molecule has 8 nitrogen and oxygen atoms in total. The minimum absolute atomic E-state index is 0.0703. The summed E-state index contributed by atoms with van der Waals surface area (Å²) in [5.74, 6) is 0.795. The number of nitrogens with zero attached hydrogens (tertiary/aromatic N) is 3. The molecule has 35 heavy (non-hydrogen) atoms. The number of carbonyl (C=O) groups is 1. The third-order valence-electron chi connectivity index (χ3n) is 7.30. The van der Waals surface area contributed by atoms with Crippen molar-refractivity contribution in [1.82, 2.24) is 9.97 Å². The van der Waals surface area contributed by atoms with Crippen molar-refractivity contribution >= 4 is 41.0 Å². The number of aromatic nitrogens is 2. The predicted octanol–water partition coefficient (Wildman–Crippen LogP) is 4.68. The fourth-order valence-corrected chi connectivity index (χ4v) is 5.42. The number of allylic oxidation sites excluding steroid dienone is 1.